The van der Waals surface area contributed by atoms with Gasteiger partial charge in [0.05, 0.1) is 0 Å². The molecule has 2 nitrogen and oxygen atoms in total. The van der Waals surface area contributed by atoms with E-state index in [4.69, 9.17) is 0 Å². The fraction of sp³-hybridized carbons (Fsp3) is 0.833. The average Bonchev–Trinajstić information content (AvgIpc) is 1.98. The molecule has 2 unspecified atom stereocenters. The van der Waals surface area contributed by atoms with Gasteiger partial charge in [-0.3, -0.25) is 4.79 Å². The van der Waals surface area contributed by atoms with Crippen LogP contribution < -0.4 is 5.32 Å². The third-order valence-corrected chi connectivity index (χ3v) is 1.86. The molecule has 1 saturated carbocycles. The van der Waals surface area contributed by atoms with Crippen molar-refractivity contribution >= 4 is 18.3 Å². The van der Waals surface area contributed by atoms with Crippen molar-refractivity contribution in [2.75, 3.05) is 7.05 Å². The fourth-order valence-corrected chi connectivity index (χ4v) is 0.970. The van der Waals surface area contributed by atoms with E-state index in [1.807, 2.05) is 0 Å². The van der Waals surface area contributed by atoms with E-state index in [9.17, 15) is 13.6 Å². The Kier molecular flexibility index (Phi) is 3.23. The van der Waals surface area contributed by atoms with Gasteiger partial charge in [-0.05, 0) is 12.8 Å². The third-order valence-electron chi connectivity index (χ3n) is 1.86. The Balaban J connectivity index is 0.000001000. The molecule has 0 saturated heterocycles. The van der Waals surface area contributed by atoms with Gasteiger partial charge < -0.3 is 5.32 Å². The van der Waals surface area contributed by atoms with Crippen molar-refractivity contribution in [1.29, 1.82) is 0 Å². The minimum absolute atomic E-state index is 0. The first kappa shape index (κ1) is 10.6. The Morgan fingerprint density at radius 2 is 2.27 bits per heavy atom. The quantitative estimate of drug-likeness (QED) is 0.649. The monoisotopic (exact) mass is 185 g/mol. The van der Waals surface area contributed by atoms with Crippen molar-refractivity contribution in [2.24, 2.45) is 0 Å². The van der Waals surface area contributed by atoms with E-state index in [-0.39, 0.29) is 25.2 Å². The van der Waals surface area contributed by atoms with Crippen LogP contribution in [0.25, 0.3) is 0 Å². The summed E-state index contributed by atoms with van der Waals surface area (Å²) >= 11 is 0. The maximum atomic E-state index is 12.9. The average molecular weight is 186 g/mol. The number of hydrogen-bond donors (Lipinski definition) is 1. The van der Waals surface area contributed by atoms with Crippen molar-refractivity contribution in [2.45, 2.75) is 24.7 Å². The molecule has 0 aromatic carbocycles. The van der Waals surface area contributed by atoms with Gasteiger partial charge in [-0.25, -0.2) is 8.78 Å². The number of rotatable bonds is 1. The molecule has 1 amide bonds. The highest BCUT2D eigenvalue weighted by Crippen LogP contribution is 2.38. The molecule has 66 valence electrons. The molecule has 1 fully saturated rings. The third kappa shape index (κ3) is 1.45. The van der Waals surface area contributed by atoms with Crippen LogP contribution in [0, 0.1) is 0 Å². The van der Waals surface area contributed by atoms with Gasteiger partial charge in [0.2, 0.25) is 5.67 Å². The minimum Gasteiger partial charge on any atom is -0.356 e. The molecule has 11 heavy (non-hydrogen) atoms. The van der Waals surface area contributed by atoms with E-state index in [0.717, 1.165) is 0 Å². The molecule has 0 aromatic heterocycles. The minimum atomic E-state index is -2.23. The molecular formula is C6H10ClF2NO. The molecule has 0 bridgehead atoms. The zero-order valence-corrected chi connectivity index (χ0v) is 6.88. The van der Waals surface area contributed by atoms with Crippen LogP contribution in [0.15, 0.2) is 0 Å². The Bertz CT molecular complexity index is 167. The summed E-state index contributed by atoms with van der Waals surface area (Å²) in [5.74, 6) is -0.841. The zero-order valence-electron chi connectivity index (χ0n) is 6.06. The van der Waals surface area contributed by atoms with E-state index in [2.05, 4.69) is 5.32 Å². The first-order chi connectivity index (χ1) is 4.61. The number of hydrogen-bond acceptors (Lipinski definition) is 1. The molecule has 0 heterocycles. The number of nitrogens with one attached hydrogen (secondary N) is 1. The van der Waals surface area contributed by atoms with Crippen LogP contribution in [0.2, 0.25) is 0 Å². The lowest BCUT2D eigenvalue weighted by Crippen LogP contribution is -2.55. The van der Waals surface area contributed by atoms with E-state index in [0.29, 0.717) is 0 Å². The first-order valence-electron chi connectivity index (χ1n) is 3.16. The van der Waals surface area contributed by atoms with Crippen LogP contribution in [0.1, 0.15) is 12.8 Å². The standard InChI is InChI=1S/C6H9F2NO.ClH/c1-9-5(10)6(8)3-2-4(6)7;/h4H,2-3H2,1H3,(H,9,10);1H. The zero-order chi connectivity index (χ0) is 7.78. The SMILES string of the molecule is CNC(=O)C1(F)CCC1F.Cl. The van der Waals surface area contributed by atoms with Crippen LogP contribution in [-0.4, -0.2) is 24.8 Å². The number of carbonyl (C=O) groups excluding carboxylic acids is 1. The molecule has 1 N–H and O–H groups in total. The summed E-state index contributed by atoms with van der Waals surface area (Å²) in [6.07, 6.45) is -1.44. The summed E-state index contributed by atoms with van der Waals surface area (Å²) in [6, 6.07) is 0. The number of carbonyl (C=O) groups is 1. The van der Waals surface area contributed by atoms with Crippen LogP contribution in [0.3, 0.4) is 0 Å². The summed E-state index contributed by atoms with van der Waals surface area (Å²) < 4.78 is 25.3. The topological polar surface area (TPSA) is 29.1 Å². The van der Waals surface area contributed by atoms with Gasteiger partial charge in [0, 0.05) is 7.05 Å². The molecular weight excluding hydrogens is 176 g/mol. The number of alkyl halides is 2. The van der Waals surface area contributed by atoms with Crippen LogP contribution >= 0.6 is 12.4 Å². The lowest BCUT2D eigenvalue weighted by Gasteiger charge is -2.35. The summed E-state index contributed by atoms with van der Waals surface area (Å²) in [6.45, 7) is 0. The summed E-state index contributed by atoms with van der Waals surface area (Å²) in [4.78, 5) is 10.6. The molecule has 0 aliphatic heterocycles. The number of halogens is 3. The lowest BCUT2D eigenvalue weighted by molar-refractivity contribution is -0.146. The van der Waals surface area contributed by atoms with Gasteiger partial charge in [-0.15, -0.1) is 12.4 Å². The molecule has 0 aromatic rings. The van der Waals surface area contributed by atoms with Crippen molar-refractivity contribution in [1.82, 2.24) is 5.32 Å². The van der Waals surface area contributed by atoms with Gasteiger partial charge in [-0.1, -0.05) is 0 Å². The van der Waals surface area contributed by atoms with Gasteiger partial charge >= 0.3 is 0 Å². The summed E-state index contributed by atoms with van der Waals surface area (Å²) in [5, 5.41) is 2.08. The summed E-state index contributed by atoms with van der Waals surface area (Å²) in [7, 11) is 1.30. The Morgan fingerprint density at radius 3 is 2.36 bits per heavy atom. The Labute approximate surface area is 69.8 Å². The maximum absolute atomic E-state index is 12.9. The van der Waals surface area contributed by atoms with Crippen molar-refractivity contribution in [3.63, 3.8) is 0 Å². The highest BCUT2D eigenvalue weighted by molar-refractivity contribution is 5.86. The molecule has 0 spiro atoms. The second kappa shape index (κ2) is 3.34. The Hall–Kier alpha value is -0.380. The molecule has 0 radical (unpaired) electrons. The predicted molar refractivity (Wildman–Crippen MR) is 39.3 cm³/mol. The van der Waals surface area contributed by atoms with E-state index < -0.39 is 17.7 Å². The molecule has 5 heteroatoms. The van der Waals surface area contributed by atoms with Crippen molar-refractivity contribution in [3.8, 4) is 0 Å². The number of amides is 1. The normalized spacial score (nSPS) is 35.0. The molecule has 1 aliphatic carbocycles. The lowest BCUT2D eigenvalue weighted by atomic mass is 9.79. The van der Waals surface area contributed by atoms with E-state index in [1.54, 1.807) is 0 Å². The first-order valence-corrected chi connectivity index (χ1v) is 3.16. The van der Waals surface area contributed by atoms with Crippen LogP contribution in [0.4, 0.5) is 8.78 Å². The van der Waals surface area contributed by atoms with E-state index >= 15 is 0 Å². The van der Waals surface area contributed by atoms with Gasteiger partial charge in [0.25, 0.3) is 5.91 Å². The predicted octanol–water partition coefficient (Wildman–Crippen LogP) is 0.994. The fourth-order valence-electron chi connectivity index (χ4n) is 0.970. The van der Waals surface area contributed by atoms with Crippen LogP contribution in [-0.2, 0) is 4.79 Å². The van der Waals surface area contributed by atoms with E-state index in [1.165, 1.54) is 7.05 Å². The van der Waals surface area contributed by atoms with Crippen molar-refractivity contribution in [3.05, 3.63) is 0 Å². The van der Waals surface area contributed by atoms with Crippen molar-refractivity contribution < 1.29 is 13.6 Å². The second-order valence-corrected chi connectivity index (χ2v) is 2.45. The van der Waals surface area contributed by atoms with Gasteiger partial charge in [0.1, 0.15) is 6.17 Å². The summed E-state index contributed by atoms with van der Waals surface area (Å²) in [5.41, 5.74) is -2.23. The smallest absolute Gasteiger partial charge is 0.260 e. The molecule has 1 rings (SSSR count). The second-order valence-electron chi connectivity index (χ2n) is 2.45. The highest BCUT2D eigenvalue weighted by atomic mass is 35.5. The van der Waals surface area contributed by atoms with Crippen LogP contribution in [0.5, 0.6) is 0 Å². The van der Waals surface area contributed by atoms with Gasteiger partial charge in [-0.2, -0.15) is 0 Å². The van der Waals surface area contributed by atoms with Gasteiger partial charge in [0.15, 0.2) is 0 Å². The molecule has 2 atom stereocenters. The molecule has 1 aliphatic rings. The highest BCUT2D eigenvalue weighted by Gasteiger charge is 2.54. The Morgan fingerprint density at radius 1 is 1.73 bits per heavy atom. The maximum Gasteiger partial charge on any atom is 0.260 e. The largest absolute Gasteiger partial charge is 0.356 e.